The molecule has 0 bridgehead atoms. The lowest BCUT2D eigenvalue weighted by Crippen LogP contribution is -2.46. The second-order valence-corrected chi connectivity index (χ2v) is 8.32. The van der Waals surface area contributed by atoms with E-state index < -0.39 is 11.7 Å². The average molecular weight is 434 g/mol. The van der Waals surface area contributed by atoms with Gasteiger partial charge in [0.15, 0.2) is 0 Å². The Morgan fingerprint density at radius 1 is 0.806 bits per heavy atom. The first-order chi connectivity index (χ1) is 15.0. The molecule has 0 amide bonds. The molecular weight excluding hydrogens is 403 g/mol. The van der Waals surface area contributed by atoms with Crippen LogP contribution < -0.4 is 9.64 Å². The smallest absolute Gasteiger partial charge is 0.416 e. The maximum Gasteiger partial charge on any atom is 0.416 e. The minimum Gasteiger partial charge on any atom is -0.492 e. The fraction of sp³-hybridized carbons (Fsp3) is 0.500. The van der Waals surface area contributed by atoms with E-state index in [1.807, 2.05) is 12.1 Å². The van der Waals surface area contributed by atoms with Gasteiger partial charge in [0.1, 0.15) is 12.4 Å². The van der Waals surface area contributed by atoms with Crippen molar-refractivity contribution < 1.29 is 17.9 Å². The third-order valence-corrected chi connectivity index (χ3v) is 6.14. The van der Waals surface area contributed by atoms with E-state index in [-0.39, 0.29) is 0 Å². The molecule has 31 heavy (non-hydrogen) atoms. The van der Waals surface area contributed by atoms with Crippen LogP contribution in [0.2, 0.25) is 0 Å². The first kappa shape index (κ1) is 22.0. The zero-order chi connectivity index (χ0) is 21.7. The van der Waals surface area contributed by atoms with E-state index in [1.165, 1.54) is 17.7 Å². The molecule has 2 aromatic carbocycles. The predicted molar refractivity (Wildman–Crippen MR) is 117 cm³/mol. The molecule has 2 aliphatic heterocycles. The van der Waals surface area contributed by atoms with E-state index >= 15 is 0 Å². The molecule has 2 aliphatic rings. The van der Waals surface area contributed by atoms with Gasteiger partial charge in [-0.05, 0) is 50.2 Å². The third kappa shape index (κ3) is 5.92. The minimum absolute atomic E-state index is 0.575. The Morgan fingerprint density at radius 3 is 2.32 bits per heavy atom. The number of piperazine rings is 1. The lowest BCUT2D eigenvalue weighted by atomic mass is 10.1. The molecule has 1 fully saturated rings. The van der Waals surface area contributed by atoms with E-state index in [0.29, 0.717) is 5.69 Å². The number of para-hydroxylation sites is 1. The van der Waals surface area contributed by atoms with Crippen molar-refractivity contribution in [2.45, 2.75) is 25.6 Å². The van der Waals surface area contributed by atoms with Crippen LogP contribution in [0, 0.1) is 0 Å². The number of alkyl halides is 3. The quantitative estimate of drug-likeness (QED) is 0.625. The number of rotatable bonds is 6. The Balaban J connectivity index is 1.18. The maximum atomic E-state index is 13.0. The number of unbranched alkanes of at least 4 members (excludes halogenated alkanes) is 1. The first-order valence-corrected chi connectivity index (χ1v) is 11.1. The van der Waals surface area contributed by atoms with Crippen LogP contribution in [0.15, 0.2) is 48.5 Å². The lowest BCUT2D eigenvalue weighted by Gasteiger charge is -2.36. The van der Waals surface area contributed by atoms with Crippen molar-refractivity contribution >= 4 is 5.69 Å². The summed E-state index contributed by atoms with van der Waals surface area (Å²) in [5, 5.41) is 0. The highest BCUT2D eigenvalue weighted by Gasteiger charge is 2.31. The minimum atomic E-state index is -4.29. The van der Waals surface area contributed by atoms with Crippen molar-refractivity contribution in [1.82, 2.24) is 9.80 Å². The molecule has 0 spiro atoms. The third-order valence-electron chi connectivity index (χ3n) is 6.14. The molecule has 0 aromatic heterocycles. The fourth-order valence-electron chi connectivity index (χ4n) is 4.35. The predicted octanol–water partition coefficient (Wildman–Crippen LogP) is 4.50. The molecule has 4 nitrogen and oxygen atoms in total. The molecule has 0 radical (unpaired) electrons. The zero-order valence-electron chi connectivity index (χ0n) is 17.8. The summed E-state index contributed by atoms with van der Waals surface area (Å²) >= 11 is 0. The van der Waals surface area contributed by atoms with E-state index in [9.17, 15) is 13.2 Å². The molecule has 1 saturated heterocycles. The summed E-state index contributed by atoms with van der Waals surface area (Å²) in [5.41, 5.74) is 1.35. The summed E-state index contributed by atoms with van der Waals surface area (Å²) in [4.78, 5) is 6.93. The van der Waals surface area contributed by atoms with Crippen molar-refractivity contribution in [1.29, 1.82) is 0 Å². The van der Waals surface area contributed by atoms with Crippen LogP contribution in [-0.4, -0.2) is 62.2 Å². The van der Waals surface area contributed by atoms with Gasteiger partial charge in [0.2, 0.25) is 0 Å². The summed E-state index contributed by atoms with van der Waals surface area (Å²) in [6, 6.07) is 13.9. The molecule has 0 aliphatic carbocycles. The summed E-state index contributed by atoms with van der Waals surface area (Å²) < 4.78 is 44.7. The normalized spacial score (nSPS) is 18.4. The standard InChI is InChI=1S/C24H30F3N3O/c25-24(26,27)21-7-5-8-22(18-21)30-14-12-28(13-15-30)10-3-4-11-29-16-17-31-23-9-2-1-6-20(23)19-29/h1-2,5-9,18H,3-4,10-17,19H2. The van der Waals surface area contributed by atoms with Crippen LogP contribution in [-0.2, 0) is 12.7 Å². The van der Waals surface area contributed by atoms with E-state index in [1.54, 1.807) is 6.07 Å². The first-order valence-electron chi connectivity index (χ1n) is 11.1. The SMILES string of the molecule is FC(F)(F)c1cccc(N2CCN(CCCCN3CCOc4ccccc4C3)CC2)c1. The monoisotopic (exact) mass is 433 g/mol. The van der Waals surface area contributed by atoms with Crippen LogP contribution in [0.3, 0.4) is 0 Å². The van der Waals surface area contributed by atoms with E-state index in [0.717, 1.165) is 83.6 Å². The van der Waals surface area contributed by atoms with Gasteiger partial charge in [-0.2, -0.15) is 13.2 Å². The number of ether oxygens (including phenoxy) is 1. The molecule has 0 saturated carbocycles. The Labute approximate surface area is 182 Å². The van der Waals surface area contributed by atoms with Crippen molar-refractivity contribution in [3.63, 3.8) is 0 Å². The number of fused-ring (bicyclic) bond motifs is 1. The molecule has 7 heteroatoms. The van der Waals surface area contributed by atoms with Crippen LogP contribution >= 0.6 is 0 Å². The van der Waals surface area contributed by atoms with Crippen molar-refractivity contribution in [3.8, 4) is 5.75 Å². The molecule has 2 aromatic rings. The van der Waals surface area contributed by atoms with Gasteiger partial charge in [0.05, 0.1) is 5.56 Å². The molecule has 0 atom stereocenters. The van der Waals surface area contributed by atoms with Gasteiger partial charge in [-0.1, -0.05) is 24.3 Å². The van der Waals surface area contributed by atoms with Crippen LogP contribution in [0.1, 0.15) is 24.0 Å². The van der Waals surface area contributed by atoms with Crippen molar-refractivity contribution in [2.24, 2.45) is 0 Å². The topological polar surface area (TPSA) is 19.0 Å². The number of nitrogens with zero attached hydrogens (tertiary/aromatic N) is 3. The number of anilines is 1. The summed E-state index contributed by atoms with van der Waals surface area (Å²) in [6.07, 6.45) is -2.03. The zero-order valence-corrected chi connectivity index (χ0v) is 17.8. The highest BCUT2D eigenvalue weighted by atomic mass is 19.4. The number of hydrogen-bond acceptors (Lipinski definition) is 4. The molecule has 4 rings (SSSR count). The van der Waals surface area contributed by atoms with Gasteiger partial charge in [-0.25, -0.2) is 0 Å². The Bertz CT molecular complexity index is 850. The summed E-state index contributed by atoms with van der Waals surface area (Å²) in [7, 11) is 0. The van der Waals surface area contributed by atoms with Crippen molar-refractivity contribution in [3.05, 3.63) is 59.7 Å². The number of hydrogen-bond donors (Lipinski definition) is 0. The molecule has 0 N–H and O–H groups in total. The fourth-order valence-corrected chi connectivity index (χ4v) is 4.35. The Hall–Kier alpha value is -2.25. The van der Waals surface area contributed by atoms with Gasteiger partial charge >= 0.3 is 6.18 Å². The number of benzene rings is 2. The molecular formula is C24H30F3N3O. The summed E-state index contributed by atoms with van der Waals surface area (Å²) in [6.45, 7) is 8.02. The van der Waals surface area contributed by atoms with Gasteiger partial charge in [-0.15, -0.1) is 0 Å². The summed E-state index contributed by atoms with van der Waals surface area (Å²) in [5.74, 6) is 1.00. The second-order valence-electron chi connectivity index (χ2n) is 8.32. The second kappa shape index (κ2) is 9.92. The van der Waals surface area contributed by atoms with Gasteiger partial charge in [0.25, 0.3) is 0 Å². The highest BCUT2D eigenvalue weighted by Crippen LogP contribution is 2.32. The van der Waals surface area contributed by atoms with Gasteiger partial charge < -0.3 is 9.64 Å². The molecule has 0 unspecified atom stereocenters. The van der Waals surface area contributed by atoms with Crippen molar-refractivity contribution in [2.75, 3.05) is 57.3 Å². The Morgan fingerprint density at radius 2 is 1.55 bits per heavy atom. The number of halogens is 3. The average Bonchev–Trinajstić information content (AvgIpc) is 2.98. The molecule has 2 heterocycles. The van der Waals surface area contributed by atoms with Gasteiger partial charge in [-0.3, -0.25) is 9.80 Å². The maximum absolute atomic E-state index is 13.0. The highest BCUT2D eigenvalue weighted by molar-refractivity contribution is 5.49. The van der Waals surface area contributed by atoms with Crippen LogP contribution in [0.25, 0.3) is 0 Å². The largest absolute Gasteiger partial charge is 0.492 e. The van der Waals surface area contributed by atoms with Crippen LogP contribution in [0.5, 0.6) is 5.75 Å². The molecule has 168 valence electrons. The van der Waals surface area contributed by atoms with Crippen LogP contribution in [0.4, 0.5) is 18.9 Å². The lowest BCUT2D eigenvalue weighted by molar-refractivity contribution is -0.137. The Kier molecular flexibility index (Phi) is 7.02. The van der Waals surface area contributed by atoms with E-state index in [4.69, 9.17) is 4.74 Å². The van der Waals surface area contributed by atoms with Gasteiger partial charge in [0, 0.05) is 50.5 Å². The van der Waals surface area contributed by atoms with E-state index in [2.05, 4.69) is 26.8 Å².